The molecule has 1 atom stereocenters. The summed E-state index contributed by atoms with van der Waals surface area (Å²) < 4.78 is 5.85. The Morgan fingerprint density at radius 3 is 2.84 bits per heavy atom. The van der Waals surface area contributed by atoms with Crippen LogP contribution in [0.25, 0.3) is 10.8 Å². The SMILES string of the molecule is CCCNC(=O)CN1CCN(C(C)c2nnc(-c3cccs3)o2)CC1. The van der Waals surface area contributed by atoms with Crippen molar-refractivity contribution in [3.8, 4) is 10.8 Å². The molecule has 0 saturated carbocycles. The van der Waals surface area contributed by atoms with Crippen LogP contribution in [0.1, 0.15) is 32.2 Å². The number of nitrogens with zero attached hydrogens (tertiary/aromatic N) is 4. The summed E-state index contributed by atoms with van der Waals surface area (Å²) in [5, 5.41) is 13.3. The molecule has 0 aromatic carbocycles. The zero-order chi connectivity index (χ0) is 17.6. The number of rotatable bonds is 7. The molecule has 1 unspecified atom stereocenters. The minimum Gasteiger partial charge on any atom is -0.418 e. The van der Waals surface area contributed by atoms with E-state index in [1.807, 2.05) is 17.5 Å². The molecular weight excluding hydrogens is 338 g/mol. The van der Waals surface area contributed by atoms with Gasteiger partial charge < -0.3 is 9.73 Å². The van der Waals surface area contributed by atoms with Crippen molar-refractivity contribution in [2.45, 2.75) is 26.3 Å². The summed E-state index contributed by atoms with van der Waals surface area (Å²) in [5.41, 5.74) is 0. The Morgan fingerprint density at radius 2 is 2.16 bits per heavy atom. The molecule has 0 bridgehead atoms. The maximum atomic E-state index is 11.8. The highest BCUT2D eigenvalue weighted by Gasteiger charge is 2.26. The summed E-state index contributed by atoms with van der Waals surface area (Å²) in [5.74, 6) is 1.35. The molecule has 7 nitrogen and oxygen atoms in total. The van der Waals surface area contributed by atoms with Crippen molar-refractivity contribution >= 4 is 17.2 Å². The second kappa shape index (κ2) is 8.55. The second-order valence-corrected chi connectivity index (χ2v) is 7.21. The molecule has 0 aliphatic carbocycles. The highest BCUT2D eigenvalue weighted by Crippen LogP contribution is 2.27. The van der Waals surface area contributed by atoms with Crippen molar-refractivity contribution in [3.05, 3.63) is 23.4 Å². The first-order chi connectivity index (χ1) is 12.2. The molecule has 1 fully saturated rings. The average molecular weight is 363 g/mol. The van der Waals surface area contributed by atoms with E-state index in [4.69, 9.17) is 4.42 Å². The first-order valence-electron chi connectivity index (χ1n) is 8.77. The third-order valence-electron chi connectivity index (χ3n) is 4.42. The van der Waals surface area contributed by atoms with Gasteiger partial charge >= 0.3 is 0 Å². The van der Waals surface area contributed by atoms with Crippen molar-refractivity contribution in [1.29, 1.82) is 0 Å². The fourth-order valence-corrected chi connectivity index (χ4v) is 3.54. The van der Waals surface area contributed by atoms with Gasteiger partial charge in [0.1, 0.15) is 0 Å². The Morgan fingerprint density at radius 1 is 1.36 bits per heavy atom. The Kier molecular flexibility index (Phi) is 6.17. The van der Waals surface area contributed by atoms with Gasteiger partial charge in [-0.15, -0.1) is 21.5 Å². The number of hydrogen-bond donors (Lipinski definition) is 1. The molecule has 2 aromatic rings. The van der Waals surface area contributed by atoms with Crippen LogP contribution >= 0.6 is 11.3 Å². The molecule has 25 heavy (non-hydrogen) atoms. The van der Waals surface area contributed by atoms with E-state index in [2.05, 4.69) is 39.2 Å². The summed E-state index contributed by atoms with van der Waals surface area (Å²) in [6.45, 7) is 8.89. The molecule has 136 valence electrons. The molecule has 0 radical (unpaired) electrons. The molecule has 3 heterocycles. The van der Waals surface area contributed by atoms with Gasteiger partial charge in [-0.3, -0.25) is 14.6 Å². The summed E-state index contributed by atoms with van der Waals surface area (Å²) in [6, 6.07) is 4.04. The van der Waals surface area contributed by atoms with Crippen LogP contribution in [0.3, 0.4) is 0 Å². The van der Waals surface area contributed by atoms with E-state index < -0.39 is 0 Å². The Balaban J connectivity index is 1.50. The van der Waals surface area contributed by atoms with Gasteiger partial charge in [-0.25, -0.2) is 0 Å². The van der Waals surface area contributed by atoms with Gasteiger partial charge in [-0.2, -0.15) is 0 Å². The van der Waals surface area contributed by atoms with Gasteiger partial charge in [-0.05, 0) is 24.8 Å². The third-order valence-corrected chi connectivity index (χ3v) is 5.28. The summed E-state index contributed by atoms with van der Waals surface area (Å²) in [4.78, 5) is 17.3. The number of aromatic nitrogens is 2. The minimum absolute atomic E-state index is 0.0808. The van der Waals surface area contributed by atoms with Crippen LogP contribution in [0.15, 0.2) is 21.9 Å². The molecule has 1 aliphatic rings. The van der Waals surface area contributed by atoms with Crippen LogP contribution in [-0.2, 0) is 4.79 Å². The molecule has 2 aromatic heterocycles. The Hall–Kier alpha value is -1.77. The number of carbonyl (C=O) groups excluding carboxylic acids is 1. The van der Waals surface area contributed by atoms with E-state index in [1.54, 1.807) is 11.3 Å². The summed E-state index contributed by atoms with van der Waals surface area (Å²) in [6.07, 6.45) is 0.967. The normalized spacial score (nSPS) is 17.5. The van der Waals surface area contributed by atoms with Crippen LogP contribution in [0.5, 0.6) is 0 Å². The predicted octanol–water partition coefficient (Wildman–Crippen LogP) is 2.00. The summed E-state index contributed by atoms with van der Waals surface area (Å²) in [7, 11) is 0. The van der Waals surface area contributed by atoms with Gasteiger partial charge in [-0.1, -0.05) is 13.0 Å². The number of thiophene rings is 1. The lowest BCUT2D eigenvalue weighted by Crippen LogP contribution is -2.50. The first kappa shape index (κ1) is 18.0. The van der Waals surface area contributed by atoms with Crippen molar-refractivity contribution in [2.75, 3.05) is 39.3 Å². The van der Waals surface area contributed by atoms with Crippen molar-refractivity contribution in [2.24, 2.45) is 0 Å². The topological polar surface area (TPSA) is 74.5 Å². The first-order valence-corrected chi connectivity index (χ1v) is 9.65. The molecule has 1 N–H and O–H groups in total. The number of hydrogen-bond acceptors (Lipinski definition) is 7. The smallest absolute Gasteiger partial charge is 0.257 e. The van der Waals surface area contributed by atoms with Gasteiger partial charge in [0.05, 0.1) is 17.5 Å². The largest absolute Gasteiger partial charge is 0.418 e. The summed E-state index contributed by atoms with van der Waals surface area (Å²) >= 11 is 1.59. The molecule has 1 saturated heterocycles. The lowest BCUT2D eigenvalue weighted by molar-refractivity contribution is -0.122. The van der Waals surface area contributed by atoms with E-state index in [9.17, 15) is 4.79 Å². The number of carbonyl (C=O) groups is 1. The van der Waals surface area contributed by atoms with Gasteiger partial charge in [0.15, 0.2) is 0 Å². The zero-order valence-corrected chi connectivity index (χ0v) is 15.6. The van der Waals surface area contributed by atoms with Crippen LogP contribution in [0, 0.1) is 0 Å². The molecule has 1 aliphatic heterocycles. The van der Waals surface area contributed by atoms with Crippen LogP contribution in [0.4, 0.5) is 0 Å². The fraction of sp³-hybridized carbons (Fsp3) is 0.588. The maximum absolute atomic E-state index is 11.8. The lowest BCUT2D eigenvalue weighted by Gasteiger charge is -2.36. The lowest BCUT2D eigenvalue weighted by atomic mass is 10.2. The van der Waals surface area contributed by atoms with Crippen molar-refractivity contribution in [3.63, 3.8) is 0 Å². The molecule has 1 amide bonds. The van der Waals surface area contributed by atoms with Crippen LogP contribution in [-0.4, -0.2) is 65.2 Å². The van der Waals surface area contributed by atoms with Crippen LogP contribution < -0.4 is 5.32 Å². The number of amides is 1. The predicted molar refractivity (Wildman–Crippen MR) is 97.3 cm³/mol. The van der Waals surface area contributed by atoms with Gasteiger partial charge in [0, 0.05) is 32.7 Å². The fourth-order valence-electron chi connectivity index (χ4n) is 2.89. The highest BCUT2D eigenvalue weighted by molar-refractivity contribution is 7.13. The van der Waals surface area contributed by atoms with Crippen molar-refractivity contribution < 1.29 is 9.21 Å². The van der Waals surface area contributed by atoms with E-state index in [1.165, 1.54) is 0 Å². The van der Waals surface area contributed by atoms with E-state index >= 15 is 0 Å². The molecule has 0 spiro atoms. The third kappa shape index (κ3) is 4.65. The highest BCUT2D eigenvalue weighted by atomic mass is 32.1. The Labute approximate surface area is 152 Å². The van der Waals surface area contributed by atoms with E-state index in [-0.39, 0.29) is 11.9 Å². The van der Waals surface area contributed by atoms with Crippen molar-refractivity contribution in [1.82, 2.24) is 25.3 Å². The minimum atomic E-state index is 0.0808. The van der Waals surface area contributed by atoms with E-state index in [0.717, 1.165) is 44.0 Å². The van der Waals surface area contributed by atoms with Gasteiger partial charge in [0.2, 0.25) is 11.8 Å². The van der Waals surface area contributed by atoms with Gasteiger partial charge in [0.25, 0.3) is 5.89 Å². The standard InChI is InChI=1S/C17H25N5O2S/c1-3-6-18-15(23)12-21-7-9-22(10-8-21)13(2)16-19-20-17(24-16)14-5-4-11-25-14/h4-5,11,13H,3,6-10,12H2,1-2H3,(H,18,23). The second-order valence-electron chi connectivity index (χ2n) is 6.26. The Bertz CT molecular complexity index is 664. The number of piperazine rings is 1. The average Bonchev–Trinajstić information content (AvgIpc) is 3.31. The maximum Gasteiger partial charge on any atom is 0.257 e. The zero-order valence-electron chi connectivity index (χ0n) is 14.8. The van der Waals surface area contributed by atoms with Crippen LogP contribution in [0.2, 0.25) is 0 Å². The molecule has 3 rings (SSSR count). The molecule has 8 heteroatoms. The van der Waals surface area contributed by atoms with E-state index in [0.29, 0.717) is 18.3 Å². The monoisotopic (exact) mass is 363 g/mol. The number of nitrogens with one attached hydrogen (secondary N) is 1. The molecular formula is C17H25N5O2S. The quantitative estimate of drug-likeness (QED) is 0.811.